The molecule has 4 atom stereocenters. The van der Waals surface area contributed by atoms with E-state index >= 15 is 0 Å². The largest absolute Gasteiger partial charge is 0.365 e. The molecule has 2 heteroatoms. The molecule has 2 aliphatic rings. The first kappa shape index (κ1) is 12.1. The van der Waals surface area contributed by atoms with Crippen LogP contribution in [0, 0.1) is 0 Å². The van der Waals surface area contributed by atoms with E-state index in [1.165, 1.54) is 22.3 Å². The Morgan fingerprint density at radius 1 is 0.600 bits per heavy atom. The third-order valence-electron chi connectivity index (χ3n) is 4.23. The Morgan fingerprint density at radius 2 is 0.900 bits per heavy atom. The third kappa shape index (κ3) is 2.15. The van der Waals surface area contributed by atoms with Gasteiger partial charge in [0.25, 0.3) is 0 Å². The molecule has 0 N–H and O–H groups in total. The number of ether oxygens (including phenoxy) is 2. The summed E-state index contributed by atoms with van der Waals surface area (Å²) in [6.45, 7) is 4.22. The standard InChI is InChI=1S/C18H18O2/c1-11-17(19-11)15-7-3-13(4-8-15)14-5-9-16(10-6-14)18-12(2)20-18/h3-12,17-18H,1-2H3/t11-,12-,17-,18-/m0/s1. The van der Waals surface area contributed by atoms with Crippen molar-refractivity contribution in [2.24, 2.45) is 0 Å². The molecule has 0 aliphatic carbocycles. The van der Waals surface area contributed by atoms with Gasteiger partial charge in [-0.15, -0.1) is 0 Å². The molecule has 2 heterocycles. The maximum absolute atomic E-state index is 5.49. The average molecular weight is 266 g/mol. The number of rotatable bonds is 3. The summed E-state index contributed by atoms with van der Waals surface area (Å²) in [5.41, 5.74) is 5.05. The van der Waals surface area contributed by atoms with Crippen molar-refractivity contribution >= 4 is 0 Å². The Hall–Kier alpha value is -1.64. The van der Waals surface area contributed by atoms with Crippen LogP contribution in [0.4, 0.5) is 0 Å². The zero-order valence-corrected chi connectivity index (χ0v) is 11.7. The first-order valence-corrected chi connectivity index (χ1v) is 7.23. The molecule has 2 fully saturated rings. The Kier molecular flexibility index (Phi) is 2.69. The van der Waals surface area contributed by atoms with E-state index < -0.39 is 0 Å². The normalized spacial score (nSPS) is 31.1. The monoisotopic (exact) mass is 266 g/mol. The summed E-state index contributed by atoms with van der Waals surface area (Å²) in [5.74, 6) is 0. The van der Waals surface area contributed by atoms with E-state index in [1.54, 1.807) is 0 Å². The van der Waals surface area contributed by atoms with Gasteiger partial charge in [0.15, 0.2) is 0 Å². The minimum Gasteiger partial charge on any atom is -0.365 e. The maximum atomic E-state index is 5.49. The number of hydrogen-bond acceptors (Lipinski definition) is 2. The highest BCUT2D eigenvalue weighted by atomic mass is 16.6. The SMILES string of the molecule is C[C@@H]1O[C@@H]1c1ccc(-c2ccc([C@H]3O[C@H]3C)cc2)cc1. The highest BCUT2D eigenvalue weighted by Gasteiger charge is 2.36. The molecule has 2 aliphatic heterocycles. The number of epoxide rings is 2. The van der Waals surface area contributed by atoms with E-state index in [9.17, 15) is 0 Å². The van der Waals surface area contributed by atoms with Gasteiger partial charge in [-0.05, 0) is 36.1 Å². The molecule has 20 heavy (non-hydrogen) atoms. The van der Waals surface area contributed by atoms with E-state index in [-0.39, 0.29) is 0 Å². The average Bonchev–Trinajstić information content (AvgIpc) is 3.38. The van der Waals surface area contributed by atoms with Crippen LogP contribution in [0.15, 0.2) is 48.5 Å². The molecule has 102 valence electrons. The molecular formula is C18H18O2. The Labute approximate surface area is 119 Å². The Morgan fingerprint density at radius 3 is 1.15 bits per heavy atom. The molecule has 0 saturated carbocycles. The molecule has 2 aromatic carbocycles. The molecule has 4 rings (SSSR count). The van der Waals surface area contributed by atoms with Crippen LogP contribution in [-0.4, -0.2) is 12.2 Å². The molecule has 0 unspecified atom stereocenters. The van der Waals surface area contributed by atoms with Gasteiger partial charge in [0.2, 0.25) is 0 Å². The van der Waals surface area contributed by atoms with Crippen LogP contribution in [0.5, 0.6) is 0 Å². The first-order chi connectivity index (χ1) is 9.72. The summed E-state index contributed by atoms with van der Waals surface area (Å²) in [7, 11) is 0. The van der Waals surface area contributed by atoms with Crippen molar-refractivity contribution in [3.63, 3.8) is 0 Å². The van der Waals surface area contributed by atoms with Crippen LogP contribution in [-0.2, 0) is 9.47 Å². The minimum absolute atomic E-state index is 0.305. The van der Waals surface area contributed by atoms with Crippen LogP contribution in [0.25, 0.3) is 11.1 Å². The summed E-state index contributed by atoms with van der Waals surface area (Å²) in [6.07, 6.45) is 1.36. The predicted molar refractivity (Wildman–Crippen MR) is 78.5 cm³/mol. The quantitative estimate of drug-likeness (QED) is 0.775. The first-order valence-electron chi connectivity index (χ1n) is 7.23. The van der Waals surface area contributed by atoms with Gasteiger partial charge < -0.3 is 9.47 Å². The van der Waals surface area contributed by atoms with E-state index in [2.05, 4.69) is 62.4 Å². The molecule has 0 aromatic heterocycles. The van der Waals surface area contributed by atoms with Crippen LogP contribution in [0.1, 0.15) is 37.2 Å². The van der Waals surface area contributed by atoms with E-state index in [1.807, 2.05) is 0 Å². The second-order valence-corrected chi connectivity index (χ2v) is 5.77. The van der Waals surface area contributed by atoms with Crippen LogP contribution >= 0.6 is 0 Å². The van der Waals surface area contributed by atoms with Gasteiger partial charge >= 0.3 is 0 Å². The van der Waals surface area contributed by atoms with Crippen molar-refractivity contribution < 1.29 is 9.47 Å². The van der Waals surface area contributed by atoms with Crippen molar-refractivity contribution in [2.45, 2.75) is 38.3 Å². The lowest BCUT2D eigenvalue weighted by molar-refractivity contribution is 0.383. The lowest BCUT2D eigenvalue weighted by Crippen LogP contribution is -1.86. The lowest BCUT2D eigenvalue weighted by atomic mass is 10.00. The number of benzene rings is 2. The van der Waals surface area contributed by atoms with Crippen molar-refractivity contribution in [1.29, 1.82) is 0 Å². The second kappa shape index (κ2) is 4.44. The molecular weight excluding hydrogens is 248 g/mol. The van der Waals surface area contributed by atoms with Gasteiger partial charge in [-0.3, -0.25) is 0 Å². The third-order valence-corrected chi connectivity index (χ3v) is 4.23. The molecule has 0 bridgehead atoms. The predicted octanol–water partition coefficient (Wildman–Crippen LogP) is 4.27. The van der Waals surface area contributed by atoms with Crippen LogP contribution in [0.2, 0.25) is 0 Å². The molecule has 0 amide bonds. The summed E-state index contributed by atoms with van der Waals surface area (Å²) in [5, 5.41) is 0. The van der Waals surface area contributed by atoms with Crippen LogP contribution < -0.4 is 0 Å². The van der Waals surface area contributed by atoms with E-state index in [4.69, 9.17) is 9.47 Å². The van der Waals surface area contributed by atoms with Crippen molar-refractivity contribution in [1.82, 2.24) is 0 Å². The van der Waals surface area contributed by atoms with Crippen molar-refractivity contribution in [2.75, 3.05) is 0 Å². The summed E-state index contributed by atoms with van der Waals surface area (Å²) in [4.78, 5) is 0. The van der Waals surface area contributed by atoms with Gasteiger partial charge in [-0.2, -0.15) is 0 Å². The van der Waals surface area contributed by atoms with Gasteiger partial charge in [0.05, 0.1) is 12.2 Å². The minimum atomic E-state index is 0.305. The number of hydrogen-bond donors (Lipinski definition) is 0. The summed E-state index contributed by atoms with van der Waals surface area (Å²) in [6, 6.07) is 17.4. The van der Waals surface area contributed by atoms with Gasteiger partial charge in [-0.1, -0.05) is 48.5 Å². The van der Waals surface area contributed by atoms with Gasteiger partial charge in [0, 0.05) is 0 Å². The molecule has 2 nitrogen and oxygen atoms in total. The highest BCUT2D eigenvalue weighted by Crippen LogP contribution is 2.40. The second-order valence-electron chi connectivity index (χ2n) is 5.77. The fourth-order valence-electron chi connectivity index (χ4n) is 2.80. The zero-order chi connectivity index (χ0) is 13.7. The molecule has 0 radical (unpaired) electrons. The summed E-state index contributed by atoms with van der Waals surface area (Å²) >= 11 is 0. The lowest BCUT2D eigenvalue weighted by Gasteiger charge is -2.04. The van der Waals surface area contributed by atoms with E-state index in [0.29, 0.717) is 24.4 Å². The fraction of sp³-hybridized carbons (Fsp3) is 0.333. The molecule has 2 aromatic rings. The Balaban J connectivity index is 1.54. The van der Waals surface area contributed by atoms with Gasteiger partial charge in [0.1, 0.15) is 12.2 Å². The van der Waals surface area contributed by atoms with Crippen molar-refractivity contribution in [3.05, 3.63) is 59.7 Å². The molecule has 0 spiro atoms. The summed E-state index contributed by atoms with van der Waals surface area (Å²) < 4.78 is 11.0. The fourth-order valence-corrected chi connectivity index (χ4v) is 2.80. The maximum Gasteiger partial charge on any atom is 0.109 e. The van der Waals surface area contributed by atoms with Gasteiger partial charge in [-0.25, -0.2) is 0 Å². The van der Waals surface area contributed by atoms with Crippen molar-refractivity contribution in [3.8, 4) is 11.1 Å². The topological polar surface area (TPSA) is 25.1 Å². The smallest absolute Gasteiger partial charge is 0.109 e. The zero-order valence-electron chi connectivity index (χ0n) is 11.7. The van der Waals surface area contributed by atoms with E-state index in [0.717, 1.165) is 0 Å². The molecule has 2 saturated heterocycles. The highest BCUT2D eigenvalue weighted by molar-refractivity contribution is 5.64. The Bertz CT molecular complexity index is 557. The van der Waals surface area contributed by atoms with Crippen LogP contribution in [0.3, 0.4) is 0 Å².